The van der Waals surface area contributed by atoms with Crippen LogP contribution in [0.3, 0.4) is 0 Å². The molecule has 1 aromatic carbocycles. The van der Waals surface area contributed by atoms with E-state index in [1.54, 1.807) is 30.3 Å². The molecule has 8 heteroatoms. The second-order valence-electron chi connectivity index (χ2n) is 7.86. The minimum atomic E-state index is -4.78. The van der Waals surface area contributed by atoms with Crippen LogP contribution in [0.5, 0.6) is 5.75 Å². The Morgan fingerprint density at radius 1 is 0.893 bits per heavy atom. The molecule has 2 aliphatic rings. The van der Waals surface area contributed by atoms with Gasteiger partial charge in [0, 0.05) is 6.42 Å². The largest absolute Gasteiger partial charge is 0.522 e. The first kappa shape index (κ1) is 21.3. The Morgan fingerprint density at radius 2 is 1.61 bits per heavy atom. The number of para-hydroxylation sites is 1. The SMILES string of the molecule is FC(F)(F)OC1CCCC(Oc2ccccc2)(C2CCCC(C(F)(F)F)C2)C1. The van der Waals surface area contributed by atoms with E-state index in [1.165, 1.54) is 0 Å². The second kappa shape index (κ2) is 8.13. The molecule has 4 atom stereocenters. The van der Waals surface area contributed by atoms with E-state index in [0.29, 0.717) is 31.4 Å². The van der Waals surface area contributed by atoms with Crippen molar-refractivity contribution in [1.82, 2.24) is 0 Å². The van der Waals surface area contributed by atoms with Crippen LogP contribution in [0.4, 0.5) is 26.3 Å². The van der Waals surface area contributed by atoms with Gasteiger partial charge in [-0.05, 0) is 56.6 Å². The molecule has 0 spiro atoms. The van der Waals surface area contributed by atoms with Crippen molar-refractivity contribution in [3.63, 3.8) is 0 Å². The van der Waals surface area contributed by atoms with Gasteiger partial charge in [-0.15, -0.1) is 13.2 Å². The first-order chi connectivity index (χ1) is 13.1. The molecule has 2 aliphatic carbocycles. The summed E-state index contributed by atoms with van der Waals surface area (Å²) in [6, 6.07) is 8.60. The van der Waals surface area contributed by atoms with Crippen LogP contribution in [0.1, 0.15) is 51.4 Å². The lowest BCUT2D eigenvalue weighted by Crippen LogP contribution is -2.52. The third kappa shape index (κ3) is 5.33. The van der Waals surface area contributed by atoms with Gasteiger partial charge in [0.2, 0.25) is 0 Å². The molecule has 4 unspecified atom stereocenters. The van der Waals surface area contributed by atoms with Gasteiger partial charge in [-0.25, -0.2) is 0 Å². The van der Waals surface area contributed by atoms with Gasteiger partial charge in [0.05, 0.1) is 12.0 Å². The molecule has 0 aliphatic heterocycles. The average Bonchev–Trinajstić information content (AvgIpc) is 2.61. The summed E-state index contributed by atoms with van der Waals surface area (Å²) in [6.07, 6.45) is -8.34. The third-order valence-corrected chi connectivity index (χ3v) is 5.94. The van der Waals surface area contributed by atoms with E-state index in [0.717, 1.165) is 0 Å². The number of halogens is 6. The van der Waals surface area contributed by atoms with Gasteiger partial charge in [-0.3, -0.25) is 4.74 Å². The minimum Gasteiger partial charge on any atom is -0.487 e. The molecular formula is C20H24F6O2. The molecule has 0 heterocycles. The van der Waals surface area contributed by atoms with Crippen LogP contribution in [-0.2, 0) is 4.74 Å². The van der Waals surface area contributed by atoms with Gasteiger partial charge in [-0.1, -0.05) is 24.6 Å². The third-order valence-electron chi connectivity index (χ3n) is 5.94. The molecule has 2 nitrogen and oxygen atoms in total. The molecule has 28 heavy (non-hydrogen) atoms. The molecule has 1 aromatic rings. The lowest BCUT2D eigenvalue weighted by molar-refractivity contribution is -0.349. The summed E-state index contributed by atoms with van der Waals surface area (Å²) >= 11 is 0. The predicted octanol–water partition coefficient (Wildman–Crippen LogP) is 6.65. The van der Waals surface area contributed by atoms with Gasteiger partial charge in [-0.2, -0.15) is 13.2 Å². The summed E-state index contributed by atoms with van der Waals surface area (Å²) in [5.41, 5.74) is -1.08. The number of ether oxygens (including phenoxy) is 2. The van der Waals surface area contributed by atoms with Gasteiger partial charge >= 0.3 is 12.5 Å². The van der Waals surface area contributed by atoms with Crippen LogP contribution < -0.4 is 4.74 Å². The van der Waals surface area contributed by atoms with Crippen LogP contribution in [0.15, 0.2) is 30.3 Å². The zero-order valence-electron chi connectivity index (χ0n) is 15.4. The van der Waals surface area contributed by atoms with E-state index in [2.05, 4.69) is 4.74 Å². The van der Waals surface area contributed by atoms with Crippen molar-refractivity contribution in [2.45, 2.75) is 75.6 Å². The Bertz CT molecular complexity index is 630. The Balaban J connectivity index is 1.86. The fourth-order valence-corrected chi connectivity index (χ4v) is 4.74. The fourth-order valence-electron chi connectivity index (χ4n) is 4.74. The smallest absolute Gasteiger partial charge is 0.487 e. The minimum absolute atomic E-state index is 0.0589. The van der Waals surface area contributed by atoms with Crippen molar-refractivity contribution < 1.29 is 35.8 Å². The van der Waals surface area contributed by atoms with E-state index in [9.17, 15) is 26.3 Å². The fraction of sp³-hybridized carbons (Fsp3) is 0.700. The molecular weight excluding hydrogens is 386 g/mol. The number of hydrogen-bond donors (Lipinski definition) is 0. The highest BCUT2D eigenvalue weighted by molar-refractivity contribution is 5.22. The first-order valence-electron chi connectivity index (χ1n) is 9.63. The number of hydrogen-bond acceptors (Lipinski definition) is 2. The predicted molar refractivity (Wildman–Crippen MR) is 90.7 cm³/mol. The topological polar surface area (TPSA) is 18.5 Å². The maximum Gasteiger partial charge on any atom is 0.522 e. The van der Waals surface area contributed by atoms with Crippen LogP contribution in [0.25, 0.3) is 0 Å². The second-order valence-corrected chi connectivity index (χ2v) is 7.86. The maximum absolute atomic E-state index is 13.3. The molecule has 3 rings (SSSR count). The standard InChI is InChI=1S/C20H24F6O2/c21-19(22,23)15-7-4-6-14(12-15)18(27-16-8-2-1-3-9-16)11-5-10-17(13-18)28-20(24,25)26/h1-3,8-9,14-15,17H,4-7,10-13H2. The van der Waals surface area contributed by atoms with Crippen LogP contribution in [-0.4, -0.2) is 24.2 Å². The van der Waals surface area contributed by atoms with Crippen molar-refractivity contribution in [1.29, 1.82) is 0 Å². The summed E-state index contributed by atoms with van der Waals surface area (Å²) in [5.74, 6) is -1.44. The molecule has 0 saturated heterocycles. The molecule has 2 fully saturated rings. The Hall–Kier alpha value is -1.44. The van der Waals surface area contributed by atoms with Crippen LogP contribution >= 0.6 is 0 Å². The van der Waals surface area contributed by atoms with Crippen LogP contribution in [0, 0.1) is 11.8 Å². The van der Waals surface area contributed by atoms with Crippen molar-refractivity contribution >= 4 is 0 Å². The average molecular weight is 410 g/mol. The zero-order valence-corrected chi connectivity index (χ0v) is 15.4. The van der Waals surface area contributed by atoms with E-state index in [-0.39, 0.29) is 25.7 Å². The highest BCUT2D eigenvalue weighted by Crippen LogP contribution is 2.49. The van der Waals surface area contributed by atoms with Gasteiger partial charge in [0.25, 0.3) is 0 Å². The number of benzene rings is 1. The number of rotatable bonds is 4. The van der Waals surface area contributed by atoms with Gasteiger partial charge < -0.3 is 4.74 Å². The maximum atomic E-state index is 13.3. The summed E-state index contributed by atoms with van der Waals surface area (Å²) in [5, 5.41) is 0. The molecule has 158 valence electrons. The van der Waals surface area contributed by atoms with Gasteiger partial charge in [0.1, 0.15) is 11.4 Å². The first-order valence-corrected chi connectivity index (χ1v) is 9.63. The Labute approximate surface area is 160 Å². The summed E-state index contributed by atoms with van der Waals surface area (Å²) in [6.45, 7) is 0. The highest BCUT2D eigenvalue weighted by atomic mass is 19.4. The molecule has 0 aromatic heterocycles. The summed E-state index contributed by atoms with van der Waals surface area (Å²) < 4.78 is 88.7. The molecule has 0 N–H and O–H groups in total. The molecule has 0 radical (unpaired) electrons. The summed E-state index contributed by atoms with van der Waals surface area (Å²) in [4.78, 5) is 0. The van der Waals surface area contributed by atoms with Crippen molar-refractivity contribution in [2.75, 3.05) is 0 Å². The van der Waals surface area contributed by atoms with Crippen LogP contribution in [0.2, 0.25) is 0 Å². The summed E-state index contributed by atoms with van der Waals surface area (Å²) in [7, 11) is 0. The Kier molecular flexibility index (Phi) is 6.17. The number of alkyl halides is 6. The Morgan fingerprint density at radius 3 is 2.25 bits per heavy atom. The van der Waals surface area contributed by atoms with Gasteiger partial charge in [0.15, 0.2) is 0 Å². The zero-order chi connectivity index (χ0) is 20.4. The van der Waals surface area contributed by atoms with E-state index >= 15 is 0 Å². The normalized spacial score (nSPS) is 32.1. The lowest BCUT2D eigenvalue weighted by Gasteiger charge is -2.48. The molecule has 2 saturated carbocycles. The van der Waals surface area contributed by atoms with Crippen molar-refractivity contribution in [3.05, 3.63) is 30.3 Å². The quantitative estimate of drug-likeness (QED) is 0.517. The van der Waals surface area contributed by atoms with Crippen molar-refractivity contribution in [3.8, 4) is 5.75 Å². The van der Waals surface area contributed by atoms with E-state index in [1.807, 2.05) is 0 Å². The van der Waals surface area contributed by atoms with E-state index in [4.69, 9.17) is 4.74 Å². The molecule has 0 amide bonds. The van der Waals surface area contributed by atoms with Crippen molar-refractivity contribution in [2.24, 2.45) is 11.8 Å². The molecule has 0 bridgehead atoms. The lowest BCUT2D eigenvalue weighted by atomic mass is 9.66. The van der Waals surface area contributed by atoms with E-state index < -0.39 is 36.1 Å². The monoisotopic (exact) mass is 410 g/mol. The highest BCUT2D eigenvalue weighted by Gasteiger charge is 2.52.